The highest BCUT2D eigenvalue weighted by Gasteiger charge is 2.20. The number of ether oxygens (including phenoxy) is 2. The molecule has 27 heavy (non-hydrogen) atoms. The number of anilines is 1. The molecule has 0 aliphatic carbocycles. The van der Waals surface area contributed by atoms with E-state index < -0.39 is 0 Å². The summed E-state index contributed by atoms with van der Waals surface area (Å²) >= 11 is 1.28. The van der Waals surface area contributed by atoms with Crippen molar-refractivity contribution < 1.29 is 19.1 Å². The predicted octanol–water partition coefficient (Wildman–Crippen LogP) is 4.28. The van der Waals surface area contributed by atoms with Crippen molar-refractivity contribution in [1.29, 1.82) is 0 Å². The molecule has 0 saturated heterocycles. The first-order valence-corrected chi connectivity index (χ1v) is 10.0. The first-order valence-electron chi connectivity index (χ1n) is 8.97. The maximum absolute atomic E-state index is 12.3. The van der Waals surface area contributed by atoms with Crippen LogP contribution in [-0.2, 0) is 20.9 Å². The molecule has 0 heterocycles. The summed E-state index contributed by atoms with van der Waals surface area (Å²) in [6.45, 7) is 4.56. The molecule has 5 nitrogen and oxygen atoms in total. The highest BCUT2D eigenvalue weighted by Crippen LogP contribution is 2.24. The Kier molecular flexibility index (Phi) is 8.71. The van der Waals surface area contributed by atoms with Crippen molar-refractivity contribution in [3.05, 3.63) is 60.2 Å². The van der Waals surface area contributed by atoms with E-state index in [0.29, 0.717) is 24.5 Å². The minimum atomic E-state index is -0.374. The van der Waals surface area contributed by atoms with Crippen LogP contribution in [0, 0.1) is 0 Å². The normalized spacial score (nSPS) is 11.5. The standard InChI is InChI=1S/C21H25NO4S/c1-3-19(21(24)26-14-16-10-6-5-7-11-16)27-15-20(23)22-17-12-8-9-13-18(17)25-4-2/h5-13,19H,3-4,14-15H2,1-2H3,(H,22,23). The number of amides is 1. The van der Waals surface area contributed by atoms with Gasteiger partial charge in [0, 0.05) is 0 Å². The lowest BCUT2D eigenvalue weighted by atomic mass is 10.2. The Labute approximate surface area is 164 Å². The number of nitrogens with one attached hydrogen (secondary N) is 1. The summed E-state index contributed by atoms with van der Waals surface area (Å²) in [5, 5.41) is 2.46. The van der Waals surface area contributed by atoms with Crippen LogP contribution >= 0.6 is 11.8 Å². The Morgan fingerprint density at radius 1 is 1.04 bits per heavy atom. The van der Waals surface area contributed by atoms with Crippen LogP contribution in [0.5, 0.6) is 5.75 Å². The molecule has 2 rings (SSSR count). The topological polar surface area (TPSA) is 64.6 Å². The van der Waals surface area contributed by atoms with Gasteiger partial charge in [0.25, 0.3) is 0 Å². The fourth-order valence-electron chi connectivity index (χ4n) is 2.39. The van der Waals surface area contributed by atoms with E-state index in [0.717, 1.165) is 5.56 Å². The first kappa shape index (κ1) is 20.8. The Bertz CT molecular complexity index is 736. The fraction of sp³-hybridized carbons (Fsp3) is 0.333. The SMILES string of the molecule is CCOc1ccccc1NC(=O)CSC(CC)C(=O)OCc1ccccc1. The number of rotatable bonds is 10. The van der Waals surface area contributed by atoms with E-state index in [9.17, 15) is 9.59 Å². The monoisotopic (exact) mass is 387 g/mol. The van der Waals surface area contributed by atoms with E-state index in [1.165, 1.54) is 11.8 Å². The molecule has 1 amide bonds. The number of benzene rings is 2. The quantitative estimate of drug-likeness (QED) is 0.617. The third kappa shape index (κ3) is 6.98. The number of thioether (sulfide) groups is 1. The third-order valence-electron chi connectivity index (χ3n) is 3.73. The number of hydrogen-bond donors (Lipinski definition) is 1. The van der Waals surface area contributed by atoms with Gasteiger partial charge in [-0.2, -0.15) is 0 Å². The van der Waals surface area contributed by atoms with Crippen molar-refractivity contribution in [3.63, 3.8) is 0 Å². The maximum Gasteiger partial charge on any atom is 0.319 e. The van der Waals surface area contributed by atoms with E-state index in [1.807, 2.05) is 62.4 Å². The minimum Gasteiger partial charge on any atom is -0.492 e. The van der Waals surface area contributed by atoms with Gasteiger partial charge in [0.05, 0.1) is 18.0 Å². The molecule has 0 aromatic heterocycles. The predicted molar refractivity (Wildman–Crippen MR) is 109 cm³/mol. The molecular weight excluding hydrogens is 362 g/mol. The lowest BCUT2D eigenvalue weighted by Gasteiger charge is -2.15. The van der Waals surface area contributed by atoms with Gasteiger partial charge >= 0.3 is 5.97 Å². The van der Waals surface area contributed by atoms with Crippen LogP contribution in [0.3, 0.4) is 0 Å². The molecule has 0 aliphatic heterocycles. The Morgan fingerprint density at radius 3 is 2.44 bits per heavy atom. The molecule has 6 heteroatoms. The molecule has 1 unspecified atom stereocenters. The molecule has 2 aromatic rings. The van der Waals surface area contributed by atoms with Crippen LogP contribution in [0.4, 0.5) is 5.69 Å². The summed E-state index contributed by atoms with van der Waals surface area (Å²) in [7, 11) is 0. The zero-order chi connectivity index (χ0) is 19.5. The lowest BCUT2D eigenvalue weighted by molar-refractivity contribution is -0.144. The third-order valence-corrected chi connectivity index (χ3v) is 5.09. The van der Waals surface area contributed by atoms with Gasteiger partial charge in [0.2, 0.25) is 5.91 Å². The summed E-state index contributed by atoms with van der Waals surface area (Å²) in [5.41, 5.74) is 1.57. The van der Waals surface area contributed by atoms with Crippen LogP contribution in [0.15, 0.2) is 54.6 Å². The second-order valence-electron chi connectivity index (χ2n) is 5.78. The second kappa shape index (κ2) is 11.3. The molecule has 1 atom stereocenters. The van der Waals surface area contributed by atoms with Crippen LogP contribution < -0.4 is 10.1 Å². The van der Waals surface area contributed by atoms with Gasteiger partial charge < -0.3 is 14.8 Å². The van der Waals surface area contributed by atoms with Gasteiger partial charge in [-0.15, -0.1) is 11.8 Å². The van der Waals surface area contributed by atoms with E-state index in [4.69, 9.17) is 9.47 Å². The smallest absolute Gasteiger partial charge is 0.319 e. The molecule has 0 fully saturated rings. The van der Waals surface area contributed by atoms with Gasteiger partial charge in [-0.05, 0) is 31.0 Å². The summed E-state index contributed by atoms with van der Waals surface area (Å²) in [5.74, 6) is 0.322. The Morgan fingerprint density at radius 2 is 1.74 bits per heavy atom. The molecule has 0 spiro atoms. The van der Waals surface area contributed by atoms with E-state index in [2.05, 4.69) is 5.32 Å². The van der Waals surface area contributed by atoms with Crippen molar-refractivity contribution in [2.24, 2.45) is 0 Å². The molecule has 0 bridgehead atoms. The number of carbonyl (C=O) groups is 2. The minimum absolute atomic E-state index is 0.166. The van der Waals surface area contributed by atoms with Gasteiger partial charge in [0.1, 0.15) is 17.6 Å². The van der Waals surface area contributed by atoms with E-state index in [-0.39, 0.29) is 29.5 Å². The number of carbonyl (C=O) groups excluding carboxylic acids is 2. The average Bonchev–Trinajstić information content (AvgIpc) is 2.69. The molecule has 0 aliphatic rings. The van der Waals surface area contributed by atoms with Crippen LogP contribution in [0.2, 0.25) is 0 Å². The second-order valence-corrected chi connectivity index (χ2v) is 6.97. The van der Waals surface area contributed by atoms with Gasteiger partial charge in [-0.25, -0.2) is 0 Å². The van der Waals surface area contributed by atoms with Gasteiger partial charge in [-0.1, -0.05) is 49.4 Å². The number of para-hydroxylation sites is 2. The van der Waals surface area contributed by atoms with Gasteiger partial charge in [0.15, 0.2) is 0 Å². The van der Waals surface area contributed by atoms with Gasteiger partial charge in [-0.3, -0.25) is 9.59 Å². The zero-order valence-electron chi connectivity index (χ0n) is 15.6. The molecule has 144 valence electrons. The lowest BCUT2D eigenvalue weighted by Crippen LogP contribution is -2.23. The first-order chi connectivity index (χ1) is 13.1. The maximum atomic E-state index is 12.3. The highest BCUT2D eigenvalue weighted by molar-refractivity contribution is 8.01. The Hall–Kier alpha value is -2.47. The summed E-state index contributed by atoms with van der Waals surface area (Å²) in [6, 6.07) is 16.8. The molecule has 0 saturated carbocycles. The molecule has 0 radical (unpaired) electrons. The molecule has 2 aromatic carbocycles. The summed E-state index contributed by atoms with van der Waals surface area (Å²) < 4.78 is 10.9. The highest BCUT2D eigenvalue weighted by atomic mass is 32.2. The van der Waals surface area contributed by atoms with E-state index in [1.54, 1.807) is 6.07 Å². The van der Waals surface area contributed by atoms with Crippen molar-refractivity contribution in [1.82, 2.24) is 0 Å². The average molecular weight is 388 g/mol. The van der Waals surface area contributed by atoms with Crippen LogP contribution in [0.25, 0.3) is 0 Å². The zero-order valence-corrected chi connectivity index (χ0v) is 16.5. The largest absolute Gasteiger partial charge is 0.492 e. The summed E-state index contributed by atoms with van der Waals surface area (Å²) in [6.07, 6.45) is 0.598. The van der Waals surface area contributed by atoms with Crippen LogP contribution in [-0.4, -0.2) is 29.5 Å². The number of hydrogen-bond acceptors (Lipinski definition) is 5. The summed E-state index contributed by atoms with van der Waals surface area (Å²) in [4.78, 5) is 24.5. The fourth-order valence-corrected chi connectivity index (χ4v) is 3.25. The number of esters is 1. The molecular formula is C21H25NO4S. The Balaban J connectivity index is 1.82. The van der Waals surface area contributed by atoms with Crippen molar-refractivity contribution >= 4 is 29.3 Å². The van der Waals surface area contributed by atoms with E-state index >= 15 is 0 Å². The van der Waals surface area contributed by atoms with Crippen molar-refractivity contribution in [2.75, 3.05) is 17.7 Å². The van der Waals surface area contributed by atoms with Crippen molar-refractivity contribution in [2.45, 2.75) is 32.1 Å². The van der Waals surface area contributed by atoms with Crippen LogP contribution in [0.1, 0.15) is 25.8 Å². The molecule has 1 N–H and O–H groups in total. The van der Waals surface area contributed by atoms with Crippen molar-refractivity contribution in [3.8, 4) is 5.75 Å².